The summed E-state index contributed by atoms with van der Waals surface area (Å²) in [6.07, 6.45) is 3.62. The fourth-order valence-corrected chi connectivity index (χ4v) is 2.06. The minimum atomic E-state index is -0.401. The zero-order valence-electron chi connectivity index (χ0n) is 11.7. The summed E-state index contributed by atoms with van der Waals surface area (Å²) in [5, 5.41) is 2.72. The van der Waals surface area contributed by atoms with Crippen LogP contribution in [-0.4, -0.2) is 21.9 Å². The van der Waals surface area contributed by atoms with Gasteiger partial charge in [-0.15, -0.1) is 0 Å². The van der Waals surface area contributed by atoms with Crippen molar-refractivity contribution in [3.63, 3.8) is 0 Å². The predicted octanol–water partition coefficient (Wildman–Crippen LogP) is 2.17. The first-order chi connectivity index (χ1) is 10.7. The van der Waals surface area contributed by atoms with Gasteiger partial charge in [0.25, 0.3) is 5.91 Å². The molecular weight excluding hydrogens is 285 g/mol. The monoisotopic (exact) mass is 299 g/mol. The number of rotatable bonds is 5. The van der Waals surface area contributed by atoms with Crippen LogP contribution in [-0.2, 0) is 11.3 Å². The van der Waals surface area contributed by atoms with Crippen molar-refractivity contribution >= 4 is 11.4 Å². The third-order valence-electron chi connectivity index (χ3n) is 3.13. The average Bonchev–Trinajstić information content (AvgIpc) is 2.94. The molecule has 6 heteroatoms. The zero-order valence-corrected chi connectivity index (χ0v) is 11.7. The SMILES string of the molecule is O=C(COc1cccc(F)c1)NCc1ncc2ccccn12. The van der Waals surface area contributed by atoms with E-state index in [4.69, 9.17) is 4.74 Å². The van der Waals surface area contributed by atoms with Crippen LogP contribution in [0.4, 0.5) is 4.39 Å². The van der Waals surface area contributed by atoms with E-state index in [1.165, 1.54) is 18.2 Å². The molecule has 0 unspecified atom stereocenters. The van der Waals surface area contributed by atoms with E-state index in [0.29, 0.717) is 12.3 Å². The first kappa shape index (κ1) is 14.1. The van der Waals surface area contributed by atoms with E-state index < -0.39 is 5.82 Å². The number of carbonyl (C=O) groups excluding carboxylic acids is 1. The van der Waals surface area contributed by atoms with Crippen molar-refractivity contribution in [1.82, 2.24) is 14.7 Å². The molecule has 2 heterocycles. The lowest BCUT2D eigenvalue weighted by atomic mass is 10.3. The second-order valence-electron chi connectivity index (χ2n) is 4.69. The molecular formula is C16H14FN3O2. The molecule has 3 aromatic rings. The van der Waals surface area contributed by atoms with Crippen molar-refractivity contribution in [2.24, 2.45) is 0 Å². The number of amides is 1. The average molecular weight is 299 g/mol. The number of hydrogen-bond donors (Lipinski definition) is 1. The normalized spacial score (nSPS) is 10.6. The summed E-state index contributed by atoms with van der Waals surface area (Å²) in [5.74, 6) is 0.356. The van der Waals surface area contributed by atoms with Gasteiger partial charge in [0.1, 0.15) is 17.4 Å². The minimum Gasteiger partial charge on any atom is -0.484 e. The maximum Gasteiger partial charge on any atom is 0.258 e. The molecule has 0 radical (unpaired) electrons. The maximum absolute atomic E-state index is 13.0. The van der Waals surface area contributed by atoms with Crippen LogP contribution in [0.15, 0.2) is 54.9 Å². The molecule has 0 saturated carbocycles. The molecule has 2 aromatic heterocycles. The highest BCUT2D eigenvalue weighted by Crippen LogP contribution is 2.11. The molecule has 0 atom stereocenters. The van der Waals surface area contributed by atoms with Gasteiger partial charge in [-0.3, -0.25) is 4.79 Å². The summed E-state index contributed by atoms with van der Waals surface area (Å²) < 4.78 is 20.1. The van der Waals surface area contributed by atoms with Gasteiger partial charge in [0.05, 0.1) is 18.3 Å². The van der Waals surface area contributed by atoms with Gasteiger partial charge in [-0.25, -0.2) is 9.37 Å². The van der Waals surface area contributed by atoms with Crippen molar-refractivity contribution in [2.75, 3.05) is 6.61 Å². The lowest BCUT2D eigenvalue weighted by molar-refractivity contribution is -0.123. The Morgan fingerprint density at radius 2 is 2.18 bits per heavy atom. The number of halogens is 1. The Morgan fingerprint density at radius 1 is 1.27 bits per heavy atom. The molecule has 1 N–H and O–H groups in total. The quantitative estimate of drug-likeness (QED) is 0.785. The number of imidazole rings is 1. The number of nitrogens with zero attached hydrogens (tertiary/aromatic N) is 2. The van der Waals surface area contributed by atoms with Gasteiger partial charge < -0.3 is 14.5 Å². The smallest absolute Gasteiger partial charge is 0.258 e. The molecule has 22 heavy (non-hydrogen) atoms. The highest BCUT2D eigenvalue weighted by atomic mass is 19.1. The van der Waals surface area contributed by atoms with Crippen LogP contribution in [0.1, 0.15) is 5.82 Å². The lowest BCUT2D eigenvalue weighted by Gasteiger charge is -2.07. The van der Waals surface area contributed by atoms with Gasteiger partial charge in [0, 0.05) is 12.3 Å². The summed E-state index contributed by atoms with van der Waals surface area (Å²) >= 11 is 0. The van der Waals surface area contributed by atoms with E-state index in [0.717, 1.165) is 11.3 Å². The Balaban J connectivity index is 1.54. The Labute approximate surface area is 126 Å². The molecule has 0 saturated heterocycles. The number of benzene rings is 1. The first-order valence-corrected chi connectivity index (χ1v) is 6.78. The molecule has 5 nitrogen and oxygen atoms in total. The molecule has 0 fully saturated rings. The van der Waals surface area contributed by atoms with Crippen LogP contribution in [0.3, 0.4) is 0 Å². The van der Waals surface area contributed by atoms with Gasteiger partial charge in [-0.1, -0.05) is 12.1 Å². The molecule has 1 amide bonds. The third-order valence-corrected chi connectivity index (χ3v) is 3.13. The zero-order chi connectivity index (χ0) is 15.4. The Bertz CT molecular complexity index is 801. The van der Waals surface area contributed by atoms with Gasteiger partial charge in [-0.2, -0.15) is 0 Å². The number of ether oxygens (including phenoxy) is 1. The number of aromatic nitrogens is 2. The summed E-state index contributed by atoms with van der Waals surface area (Å²) in [6, 6.07) is 11.4. The molecule has 112 valence electrons. The van der Waals surface area contributed by atoms with Gasteiger partial charge >= 0.3 is 0 Å². The van der Waals surface area contributed by atoms with Crippen LogP contribution >= 0.6 is 0 Å². The number of pyridine rings is 1. The van der Waals surface area contributed by atoms with Crippen LogP contribution < -0.4 is 10.1 Å². The van der Waals surface area contributed by atoms with Gasteiger partial charge in [0.15, 0.2) is 6.61 Å². The van der Waals surface area contributed by atoms with Crippen molar-refractivity contribution in [1.29, 1.82) is 0 Å². The van der Waals surface area contributed by atoms with Crippen LogP contribution in [0.25, 0.3) is 5.52 Å². The molecule has 0 aliphatic carbocycles. The van der Waals surface area contributed by atoms with Crippen LogP contribution in [0, 0.1) is 5.82 Å². The minimum absolute atomic E-state index is 0.174. The van der Waals surface area contributed by atoms with Crippen LogP contribution in [0.2, 0.25) is 0 Å². The molecule has 0 aliphatic heterocycles. The number of hydrogen-bond acceptors (Lipinski definition) is 3. The van der Waals surface area contributed by atoms with Crippen molar-refractivity contribution < 1.29 is 13.9 Å². The highest BCUT2D eigenvalue weighted by Gasteiger charge is 2.06. The standard InChI is InChI=1S/C16H14FN3O2/c17-12-4-3-6-14(8-12)22-11-16(21)19-10-15-18-9-13-5-1-2-7-20(13)15/h1-9H,10-11H2,(H,19,21). The second-order valence-corrected chi connectivity index (χ2v) is 4.69. The maximum atomic E-state index is 13.0. The molecule has 0 bridgehead atoms. The van der Waals surface area contributed by atoms with E-state index in [1.807, 2.05) is 28.8 Å². The largest absolute Gasteiger partial charge is 0.484 e. The topological polar surface area (TPSA) is 55.6 Å². The fraction of sp³-hybridized carbons (Fsp3) is 0.125. The van der Waals surface area contributed by atoms with Crippen molar-refractivity contribution in [3.05, 3.63) is 66.5 Å². The number of fused-ring (bicyclic) bond motifs is 1. The molecule has 3 rings (SSSR count). The van der Waals surface area contributed by atoms with Crippen molar-refractivity contribution in [3.8, 4) is 5.75 Å². The summed E-state index contributed by atoms with van der Waals surface area (Å²) in [6.45, 7) is 0.121. The highest BCUT2D eigenvalue weighted by molar-refractivity contribution is 5.77. The summed E-state index contributed by atoms with van der Waals surface area (Å²) in [5.41, 5.74) is 0.961. The molecule has 0 aliphatic rings. The first-order valence-electron chi connectivity index (χ1n) is 6.78. The van der Waals surface area contributed by atoms with Gasteiger partial charge in [0.2, 0.25) is 0 Å². The molecule has 1 aromatic carbocycles. The number of carbonyl (C=O) groups is 1. The van der Waals surface area contributed by atoms with E-state index in [9.17, 15) is 9.18 Å². The Kier molecular flexibility index (Phi) is 4.00. The Hall–Kier alpha value is -2.89. The van der Waals surface area contributed by atoms with E-state index in [-0.39, 0.29) is 12.5 Å². The lowest BCUT2D eigenvalue weighted by Crippen LogP contribution is -2.29. The second kappa shape index (κ2) is 6.26. The third kappa shape index (κ3) is 3.22. The van der Waals surface area contributed by atoms with Crippen molar-refractivity contribution in [2.45, 2.75) is 6.54 Å². The van der Waals surface area contributed by atoms with E-state index in [1.54, 1.807) is 12.3 Å². The summed E-state index contributed by atoms with van der Waals surface area (Å²) in [4.78, 5) is 16.0. The van der Waals surface area contributed by atoms with E-state index in [2.05, 4.69) is 10.3 Å². The number of nitrogens with one attached hydrogen (secondary N) is 1. The van der Waals surface area contributed by atoms with E-state index >= 15 is 0 Å². The predicted molar refractivity (Wildman–Crippen MR) is 78.9 cm³/mol. The molecule has 0 spiro atoms. The Morgan fingerprint density at radius 3 is 3.05 bits per heavy atom. The fourth-order valence-electron chi connectivity index (χ4n) is 2.06. The van der Waals surface area contributed by atoms with Gasteiger partial charge in [-0.05, 0) is 24.3 Å². The van der Waals surface area contributed by atoms with Crippen LogP contribution in [0.5, 0.6) is 5.75 Å². The summed E-state index contributed by atoms with van der Waals surface area (Å²) in [7, 11) is 0.